The monoisotopic (exact) mass is 193 g/mol. The van der Waals surface area contributed by atoms with Crippen LogP contribution in [-0.4, -0.2) is 22.4 Å². The summed E-state index contributed by atoms with van der Waals surface area (Å²) in [6.07, 6.45) is 1.23. The number of aliphatic hydroxyl groups is 2. The first-order valence-electron chi connectivity index (χ1n) is 4.78. The highest BCUT2D eigenvalue weighted by Crippen LogP contribution is 2.12. The lowest BCUT2D eigenvalue weighted by atomic mass is 9.97. The first-order chi connectivity index (χ1) is 6.51. The lowest BCUT2D eigenvalue weighted by Gasteiger charge is -2.16. The van der Waals surface area contributed by atoms with Crippen LogP contribution in [0.25, 0.3) is 0 Å². The molecular weight excluding hydrogens is 176 g/mol. The molecule has 1 radical (unpaired) electrons. The zero-order valence-electron chi connectivity index (χ0n) is 8.53. The fraction of sp³-hybridized carbons (Fsp3) is 0.417. The van der Waals surface area contributed by atoms with Crippen LogP contribution >= 0.6 is 0 Å². The van der Waals surface area contributed by atoms with Crippen LogP contribution in [0, 0.1) is 6.92 Å². The van der Waals surface area contributed by atoms with Crippen LogP contribution in [0.2, 0.25) is 0 Å². The minimum absolute atomic E-state index is 0.173. The van der Waals surface area contributed by atoms with Crippen molar-refractivity contribution in [3.8, 4) is 0 Å². The molecule has 0 aliphatic carbocycles. The molecule has 1 unspecified atom stereocenters. The molecule has 0 fully saturated rings. The highest BCUT2D eigenvalue weighted by Gasteiger charge is 2.12. The van der Waals surface area contributed by atoms with E-state index in [4.69, 9.17) is 5.11 Å². The summed E-state index contributed by atoms with van der Waals surface area (Å²) in [4.78, 5) is 0. The van der Waals surface area contributed by atoms with Gasteiger partial charge in [0.05, 0.1) is 5.60 Å². The summed E-state index contributed by atoms with van der Waals surface area (Å²) in [6, 6.07) is 7.86. The smallest absolute Gasteiger partial charge is 0.0661 e. The maximum atomic E-state index is 9.49. The average Bonchev–Trinajstić information content (AvgIpc) is 2.06. The van der Waals surface area contributed by atoms with Gasteiger partial charge in [0.25, 0.3) is 0 Å². The average molecular weight is 193 g/mol. The van der Waals surface area contributed by atoms with Gasteiger partial charge in [0, 0.05) is 13.0 Å². The van der Waals surface area contributed by atoms with E-state index in [1.54, 1.807) is 6.92 Å². The van der Waals surface area contributed by atoms with Crippen molar-refractivity contribution in [3.63, 3.8) is 0 Å². The van der Waals surface area contributed by atoms with Gasteiger partial charge in [0.1, 0.15) is 0 Å². The molecular formula is C12H17O2. The van der Waals surface area contributed by atoms with Gasteiger partial charge < -0.3 is 10.2 Å². The molecule has 0 saturated heterocycles. The van der Waals surface area contributed by atoms with E-state index < -0.39 is 5.60 Å². The van der Waals surface area contributed by atoms with Gasteiger partial charge in [-0.15, -0.1) is 0 Å². The fourth-order valence-corrected chi connectivity index (χ4v) is 1.39. The molecule has 0 amide bonds. The maximum Gasteiger partial charge on any atom is 0.0661 e. The second-order valence-corrected chi connectivity index (χ2v) is 3.96. The molecule has 0 bridgehead atoms. The topological polar surface area (TPSA) is 40.5 Å². The Kier molecular flexibility index (Phi) is 3.67. The standard InChI is InChI=1S/C12H17O2/c1-12(2,14)9-11-5-3-10(4-6-11)7-8-13/h3-6,13-14H,1,7-9H2,2H3. The Hall–Kier alpha value is -0.860. The molecule has 0 aromatic heterocycles. The van der Waals surface area contributed by atoms with Crippen LogP contribution in [0.4, 0.5) is 0 Å². The molecule has 0 aliphatic rings. The normalized spacial score (nSPS) is 11.7. The third-order valence-corrected chi connectivity index (χ3v) is 2.01. The summed E-state index contributed by atoms with van der Waals surface area (Å²) in [6.45, 7) is 5.50. The third-order valence-electron chi connectivity index (χ3n) is 2.01. The van der Waals surface area contributed by atoms with Crippen molar-refractivity contribution in [3.05, 3.63) is 42.3 Å². The summed E-state index contributed by atoms with van der Waals surface area (Å²) < 4.78 is 0. The van der Waals surface area contributed by atoms with Crippen molar-refractivity contribution in [1.29, 1.82) is 0 Å². The van der Waals surface area contributed by atoms with Gasteiger partial charge in [0.15, 0.2) is 0 Å². The van der Waals surface area contributed by atoms with Gasteiger partial charge >= 0.3 is 0 Å². The van der Waals surface area contributed by atoms with Crippen LogP contribution in [0.5, 0.6) is 0 Å². The van der Waals surface area contributed by atoms with Crippen molar-refractivity contribution in [1.82, 2.24) is 0 Å². The van der Waals surface area contributed by atoms with Crippen molar-refractivity contribution in [2.24, 2.45) is 0 Å². The van der Waals surface area contributed by atoms with Crippen molar-refractivity contribution in [2.75, 3.05) is 6.61 Å². The Morgan fingerprint density at radius 2 is 1.71 bits per heavy atom. The summed E-state index contributed by atoms with van der Waals surface area (Å²) in [5.41, 5.74) is 1.27. The van der Waals surface area contributed by atoms with E-state index in [1.165, 1.54) is 0 Å². The number of rotatable bonds is 4. The van der Waals surface area contributed by atoms with E-state index in [-0.39, 0.29) is 6.61 Å². The lowest BCUT2D eigenvalue weighted by Crippen LogP contribution is -2.22. The Bertz CT molecular complexity index is 269. The lowest BCUT2D eigenvalue weighted by molar-refractivity contribution is 0.109. The Labute approximate surface area is 85.2 Å². The molecule has 14 heavy (non-hydrogen) atoms. The molecule has 2 heteroatoms. The van der Waals surface area contributed by atoms with E-state index in [1.807, 2.05) is 24.3 Å². The van der Waals surface area contributed by atoms with Crippen molar-refractivity contribution < 1.29 is 10.2 Å². The summed E-state index contributed by atoms with van der Waals surface area (Å²) >= 11 is 0. The molecule has 1 atom stereocenters. The Morgan fingerprint density at radius 1 is 1.21 bits per heavy atom. The van der Waals surface area contributed by atoms with Gasteiger partial charge in [-0.1, -0.05) is 24.3 Å². The van der Waals surface area contributed by atoms with Crippen LogP contribution in [0.15, 0.2) is 24.3 Å². The number of hydrogen-bond acceptors (Lipinski definition) is 2. The minimum atomic E-state index is -0.904. The summed E-state index contributed by atoms with van der Waals surface area (Å²) in [7, 11) is 0. The zero-order chi connectivity index (χ0) is 10.6. The molecule has 1 aromatic carbocycles. The molecule has 1 rings (SSSR count). The Balaban J connectivity index is 2.64. The van der Waals surface area contributed by atoms with Gasteiger partial charge in [-0.3, -0.25) is 0 Å². The molecule has 2 N–H and O–H groups in total. The third kappa shape index (κ3) is 3.90. The number of benzene rings is 1. The fourth-order valence-electron chi connectivity index (χ4n) is 1.39. The SMILES string of the molecule is [CH2]C(C)(O)Cc1ccc(CCO)cc1. The molecule has 0 spiro atoms. The van der Waals surface area contributed by atoms with E-state index in [0.29, 0.717) is 12.8 Å². The molecule has 2 nitrogen and oxygen atoms in total. The molecule has 0 aliphatic heterocycles. The Morgan fingerprint density at radius 3 is 2.14 bits per heavy atom. The second-order valence-electron chi connectivity index (χ2n) is 3.96. The second kappa shape index (κ2) is 4.58. The van der Waals surface area contributed by atoms with Crippen LogP contribution in [0.1, 0.15) is 18.1 Å². The number of hydrogen-bond donors (Lipinski definition) is 2. The van der Waals surface area contributed by atoms with Gasteiger partial charge in [-0.2, -0.15) is 0 Å². The van der Waals surface area contributed by atoms with Crippen LogP contribution < -0.4 is 0 Å². The highest BCUT2D eigenvalue weighted by molar-refractivity contribution is 5.24. The minimum Gasteiger partial charge on any atom is -0.396 e. The van der Waals surface area contributed by atoms with Crippen LogP contribution in [-0.2, 0) is 12.8 Å². The van der Waals surface area contributed by atoms with E-state index in [2.05, 4.69) is 6.92 Å². The van der Waals surface area contributed by atoms with E-state index >= 15 is 0 Å². The summed E-state index contributed by atoms with van der Waals surface area (Å²) in [5, 5.41) is 18.2. The zero-order valence-corrected chi connectivity index (χ0v) is 8.53. The first-order valence-corrected chi connectivity index (χ1v) is 4.78. The van der Waals surface area contributed by atoms with Crippen molar-refractivity contribution >= 4 is 0 Å². The molecule has 0 saturated carbocycles. The van der Waals surface area contributed by atoms with Gasteiger partial charge in [-0.25, -0.2) is 0 Å². The van der Waals surface area contributed by atoms with E-state index in [0.717, 1.165) is 11.1 Å². The van der Waals surface area contributed by atoms with E-state index in [9.17, 15) is 5.11 Å². The first kappa shape index (κ1) is 11.2. The van der Waals surface area contributed by atoms with Gasteiger partial charge in [0.2, 0.25) is 0 Å². The predicted octanol–water partition coefficient (Wildman–Crippen LogP) is 1.35. The molecule has 77 valence electrons. The number of aliphatic hydroxyl groups excluding tert-OH is 1. The van der Waals surface area contributed by atoms with Crippen molar-refractivity contribution in [2.45, 2.75) is 25.4 Å². The maximum absolute atomic E-state index is 9.49. The summed E-state index contributed by atoms with van der Waals surface area (Å²) in [5.74, 6) is 0. The van der Waals surface area contributed by atoms with Gasteiger partial charge in [-0.05, 0) is 31.4 Å². The predicted molar refractivity (Wildman–Crippen MR) is 56.9 cm³/mol. The molecule has 0 heterocycles. The quantitative estimate of drug-likeness (QED) is 0.757. The molecule has 1 aromatic rings. The van der Waals surface area contributed by atoms with Crippen LogP contribution in [0.3, 0.4) is 0 Å². The largest absolute Gasteiger partial charge is 0.396 e. The highest BCUT2D eigenvalue weighted by atomic mass is 16.3.